The molecule has 0 atom stereocenters. The molecule has 0 heterocycles. The van der Waals surface area contributed by atoms with Gasteiger partial charge in [0.1, 0.15) is 0 Å². The van der Waals surface area contributed by atoms with Crippen LogP contribution in [-0.2, 0) is 9.53 Å². The van der Waals surface area contributed by atoms with Crippen molar-refractivity contribution in [3.05, 3.63) is 29.8 Å². The summed E-state index contributed by atoms with van der Waals surface area (Å²) in [5.41, 5.74) is 5.69. The number of amides is 2. The van der Waals surface area contributed by atoms with Gasteiger partial charge in [0.2, 0.25) is 5.91 Å². The number of hydrogen-bond donors (Lipinski definition) is 3. The van der Waals surface area contributed by atoms with Gasteiger partial charge in [-0.2, -0.15) is 0 Å². The molecule has 116 valence electrons. The molecule has 6 nitrogen and oxygen atoms in total. The molecule has 6 heteroatoms. The molecule has 21 heavy (non-hydrogen) atoms. The highest BCUT2D eigenvalue weighted by atomic mass is 16.5. The molecule has 0 saturated carbocycles. The van der Waals surface area contributed by atoms with Gasteiger partial charge in [-0.1, -0.05) is 12.1 Å². The predicted molar refractivity (Wildman–Crippen MR) is 82.2 cm³/mol. The number of hydrogen-bond acceptors (Lipinski definition) is 4. The zero-order valence-corrected chi connectivity index (χ0v) is 12.7. The van der Waals surface area contributed by atoms with E-state index in [1.807, 2.05) is 13.8 Å². The molecule has 0 fully saturated rings. The number of nitrogens with one attached hydrogen (secondary N) is 2. The molecule has 0 unspecified atom stereocenters. The third-order valence-corrected chi connectivity index (χ3v) is 3.01. The van der Waals surface area contributed by atoms with Crippen LogP contribution in [0.4, 0.5) is 5.69 Å². The molecule has 0 aliphatic carbocycles. The van der Waals surface area contributed by atoms with E-state index in [2.05, 4.69) is 10.6 Å². The quantitative estimate of drug-likeness (QED) is 0.702. The van der Waals surface area contributed by atoms with Gasteiger partial charge in [-0.15, -0.1) is 0 Å². The number of anilines is 1. The van der Waals surface area contributed by atoms with Crippen molar-refractivity contribution in [2.45, 2.75) is 25.9 Å². The first-order valence-corrected chi connectivity index (χ1v) is 6.82. The van der Waals surface area contributed by atoms with Crippen molar-refractivity contribution in [1.82, 2.24) is 5.32 Å². The lowest BCUT2D eigenvalue weighted by Crippen LogP contribution is -2.31. The molecule has 1 aromatic carbocycles. The van der Waals surface area contributed by atoms with Crippen LogP contribution in [-0.4, -0.2) is 37.6 Å². The fourth-order valence-corrected chi connectivity index (χ4v) is 1.72. The van der Waals surface area contributed by atoms with Crippen LogP contribution < -0.4 is 16.4 Å². The molecule has 0 aliphatic rings. The Hall–Kier alpha value is -1.92. The van der Waals surface area contributed by atoms with Gasteiger partial charge in [0.05, 0.1) is 23.3 Å². The zero-order chi connectivity index (χ0) is 15.9. The summed E-state index contributed by atoms with van der Waals surface area (Å²) in [6.45, 7) is 4.40. The molecule has 0 radical (unpaired) electrons. The third-order valence-electron chi connectivity index (χ3n) is 3.01. The van der Waals surface area contributed by atoms with Gasteiger partial charge < -0.3 is 21.1 Å². The predicted octanol–water partition coefficient (Wildman–Crippen LogP) is 1.13. The Morgan fingerprint density at radius 2 is 1.95 bits per heavy atom. The van der Waals surface area contributed by atoms with Crippen LogP contribution in [0.5, 0.6) is 0 Å². The lowest BCUT2D eigenvalue weighted by molar-refractivity contribution is -0.121. The second-order valence-electron chi connectivity index (χ2n) is 5.28. The number of benzene rings is 1. The van der Waals surface area contributed by atoms with Gasteiger partial charge in [0.25, 0.3) is 5.91 Å². The summed E-state index contributed by atoms with van der Waals surface area (Å²) in [5.74, 6) is -0.469. The minimum atomic E-state index is -0.555. The summed E-state index contributed by atoms with van der Waals surface area (Å²) in [5, 5.41) is 5.43. The molecule has 0 aliphatic heterocycles. The average Bonchev–Trinajstić information content (AvgIpc) is 2.44. The summed E-state index contributed by atoms with van der Waals surface area (Å²) in [6.07, 6.45) is 0.197. The first-order valence-electron chi connectivity index (χ1n) is 6.82. The standard InChI is InChI=1S/C15H23N3O3/c1-15(2,21-3)10-13(19)18-12-7-5-4-6-11(12)14(20)17-9-8-16/h4-7H,8-10,16H2,1-3H3,(H,17,20)(H,18,19). The van der Waals surface area contributed by atoms with Gasteiger partial charge in [-0.25, -0.2) is 0 Å². The average molecular weight is 293 g/mol. The Morgan fingerprint density at radius 1 is 1.29 bits per heavy atom. The van der Waals surface area contributed by atoms with Gasteiger partial charge in [0, 0.05) is 20.2 Å². The number of para-hydroxylation sites is 1. The Labute approximate surface area is 125 Å². The van der Waals surface area contributed by atoms with Gasteiger partial charge in [-0.3, -0.25) is 9.59 Å². The number of nitrogens with two attached hydrogens (primary N) is 1. The largest absolute Gasteiger partial charge is 0.378 e. The highest BCUT2D eigenvalue weighted by Gasteiger charge is 2.22. The first kappa shape index (κ1) is 17.1. The Balaban J connectivity index is 2.79. The Morgan fingerprint density at radius 3 is 2.57 bits per heavy atom. The Kier molecular flexibility index (Phi) is 6.33. The zero-order valence-electron chi connectivity index (χ0n) is 12.7. The topological polar surface area (TPSA) is 93.4 Å². The van der Waals surface area contributed by atoms with Gasteiger partial charge >= 0.3 is 0 Å². The lowest BCUT2D eigenvalue weighted by Gasteiger charge is -2.22. The summed E-state index contributed by atoms with van der Waals surface area (Å²) >= 11 is 0. The minimum absolute atomic E-state index is 0.197. The van der Waals surface area contributed by atoms with E-state index >= 15 is 0 Å². The van der Waals surface area contributed by atoms with Crippen LogP contribution >= 0.6 is 0 Å². The maximum absolute atomic E-state index is 12.0. The number of methoxy groups -OCH3 is 1. The maximum atomic E-state index is 12.0. The fourth-order valence-electron chi connectivity index (χ4n) is 1.72. The second-order valence-corrected chi connectivity index (χ2v) is 5.28. The molecular weight excluding hydrogens is 270 g/mol. The lowest BCUT2D eigenvalue weighted by atomic mass is 10.0. The van der Waals surface area contributed by atoms with E-state index < -0.39 is 5.60 Å². The van der Waals surface area contributed by atoms with E-state index in [0.29, 0.717) is 24.3 Å². The molecule has 1 rings (SSSR count). The van der Waals surface area contributed by atoms with Crippen LogP contribution in [0.3, 0.4) is 0 Å². The minimum Gasteiger partial charge on any atom is -0.378 e. The summed E-state index contributed by atoms with van der Waals surface area (Å²) in [7, 11) is 1.56. The van der Waals surface area contributed by atoms with Crippen LogP contribution in [0.2, 0.25) is 0 Å². The van der Waals surface area contributed by atoms with E-state index in [1.54, 1.807) is 31.4 Å². The molecule has 4 N–H and O–H groups in total. The van der Waals surface area contributed by atoms with Crippen molar-refractivity contribution in [2.75, 3.05) is 25.5 Å². The summed E-state index contributed by atoms with van der Waals surface area (Å²) in [4.78, 5) is 24.0. The van der Waals surface area contributed by atoms with E-state index in [1.165, 1.54) is 0 Å². The summed E-state index contributed by atoms with van der Waals surface area (Å²) < 4.78 is 5.22. The number of carbonyl (C=O) groups excluding carboxylic acids is 2. The van der Waals surface area contributed by atoms with E-state index in [9.17, 15) is 9.59 Å². The van der Waals surface area contributed by atoms with Crippen molar-refractivity contribution >= 4 is 17.5 Å². The van der Waals surface area contributed by atoms with Crippen molar-refractivity contribution < 1.29 is 14.3 Å². The molecule has 0 bridgehead atoms. The van der Waals surface area contributed by atoms with E-state index in [-0.39, 0.29) is 18.2 Å². The van der Waals surface area contributed by atoms with Crippen molar-refractivity contribution in [1.29, 1.82) is 0 Å². The maximum Gasteiger partial charge on any atom is 0.253 e. The normalized spacial score (nSPS) is 11.0. The van der Waals surface area contributed by atoms with Crippen molar-refractivity contribution in [3.63, 3.8) is 0 Å². The van der Waals surface area contributed by atoms with Crippen LogP contribution in [0.25, 0.3) is 0 Å². The second kappa shape index (κ2) is 7.75. The van der Waals surface area contributed by atoms with E-state index in [4.69, 9.17) is 10.5 Å². The molecule has 2 amide bonds. The highest BCUT2D eigenvalue weighted by Crippen LogP contribution is 2.18. The molecule has 0 saturated heterocycles. The van der Waals surface area contributed by atoms with Gasteiger partial charge in [-0.05, 0) is 26.0 Å². The van der Waals surface area contributed by atoms with Crippen LogP contribution in [0.1, 0.15) is 30.6 Å². The third kappa shape index (κ3) is 5.53. The fraction of sp³-hybridized carbons (Fsp3) is 0.467. The monoisotopic (exact) mass is 293 g/mol. The first-order chi connectivity index (χ1) is 9.89. The number of rotatable bonds is 7. The molecule has 0 spiro atoms. The molecule has 0 aromatic heterocycles. The SMILES string of the molecule is COC(C)(C)CC(=O)Nc1ccccc1C(=O)NCCN. The van der Waals surface area contributed by atoms with Crippen LogP contribution in [0.15, 0.2) is 24.3 Å². The smallest absolute Gasteiger partial charge is 0.253 e. The summed E-state index contributed by atoms with van der Waals surface area (Å²) in [6, 6.07) is 6.85. The van der Waals surface area contributed by atoms with Crippen LogP contribution in [0, 0.1) is 0 Å². The molecular formula is C15H23N3O3. The van der Waals surface area contributed by atoms with Gasteiger partial charge in [0.15, 0.2) is 0 Å². The highest BCUT2D eigenvalue weighted by molar-refractivity contribution is 6.03. The van der Waals surface area contributed by atoms with Crippen molar-refractivity contribution in [2.24, 2.45) is 5.73 Å². The number of carbonyl (C=O) groups is 2. The Bertz CT molecular complexity index is 501. The molecule has 1 aromatic rings. The van der Waals surface area contributed by atoms with E-state index in [0.717, 1.165) is 0 Å². The number of ether oxygens (including phenoxy) is 1. The van der Waals surface area contributed by atoms with Crippen molar-refractivity contribution in [3.8, 4) is 0 Å².